The molecule has 25 heavy (non-hydrogen) atoms. The molecule has 0 bridgehead atoms. The third kappa shape index (κ3) is 4.56. The molecule has 0 fully saturated rings. The highest BCUT2D eigenvalue weighted by Crippen LogP contribution is 2.30. The third-order valence-corrected chi connectivity index (χ3v) is 4.95. The summed E-state index contributed by atoms with van der Waals surface area (Å²) in [6, 6.07) is 11.6. The summed E-state index contributed by atoms with van der Waals surface area (Å²) < 4.78 is 6.14. The summed E-state index contributed by atoms with van der Waals surface area (Å²) in [4.78, 5) is 26.3. The van der Waals surface area contributed by atoms with Gasteiger partial charge in [0.2, 0.25) is 0 Å². The van der Waals surface area contributed by atoms with Crippen LogP contribution in [0.2, 0.25) is 0 Å². The molecule has 0 aliphatic carbocycles. The van der Waals surface area contributed by atoms with Gasteiger partial charge in [0.1, 0.15) is 4.88 Å². The summed E-state index contributed by atoms with van der Waals surface area (Å²) in [5.41, 5.74) is 0.837. The molecule has 2 rings (SSSR count). The lowest BCUT2D eigenvalue weighted by atomic mass is 10.1. The predicted octanol–water partition coefficient (Wildman–Crippen LogP) is 3.02. The van der Waals surface area contributed by atoms with Crippen LogP contribution >= 0.6 is 11.3 Å². The quantitative estimate of drug-likeness (QED) is 0.712. The normalized spacial score (nSPS) is 10.0. The van der Waals surface area contributed by atoms with Crippen LogP contribution in [0.4, 0.5) is 0 Å². The molecule has 0 radical (unpaired) electrons. The van der Waals surface area contributed by atoms with Crippen molar-refractivity contribution in [1.82, 2.24) is 4.90 Å². The zero-order chi connectivity index (χ0) is 18.2. The molecule has 7 heteroatoms. The molecule has 1 aromatic heterocycles. The van der Waals surface area contributed by atoms with Gasteiger partial charge in [0.15, 0.2) is 6.61 Å². The molecular formula is C18H17N3O3S. The lowest BCUT2D eigenvalue weighted by molar-refractivity contribution is -0.134. The maximum atomic E-state index is 12.3. The predicted molar refractivity (Wildman–Crippen MR) is 93.9 cm³/mol. The van der Waals surface area contributed by atoms with E-state index in [0.29, 0.717) is 4.88 Å². The number of carbonyl (C=O) groups excluding carboxylic acids is 2. The molecule has 6 nitrogen and oxygen atoms in total. The minimum atomic E-state index is -0.535. The van der Waals surface area contributed by atoms with Gasteiger partial charge in [0.25, 0.3) is 5.91 Å². The first-order valence-corrected chi connectivity index (χ1v) is 8.57. The number of carbonyl (C=O) groups is 2. The van der Waals surface area contributed by atoms with Crippen molar-refractivity contribution in [1.29, 1.82) is 10.5 Å². The highest BCUT2D eigenvalue weighted by Gasteiger charge is 2.20. The Balaban J connectivity index is 2.01. The second kappa shape index (κ2) is 8.81. The highest BCUT2D eigenvalue weighted by molar-refractivity contribution is 7.21. The Morgan fingerprint density at radius 2 is 1.80 bits per heavy atom. The monoisotopic (exact) mass is 355 g/mol. The number of nitrogens with zero attached hydrogens (tertiary/aromatic N) is 3. The van der Waals surface area contributed by atoms with E-state index in [2.05, 4.69) is 0 Å². The van der Waals surface area contributed by atoms with Gasteiger partial charge < -0.3 is 9.64 Å². The molecule has 2 aromatic rings. The van der Waals surface area contributed by atoms with Crippen molar-refractivity contribution in [3.05, 3.63) is 34.7 Å². The number of esters is 1. The lowest BCUT2D eigenvalue weighted by Crippen LogP contribution is -2.36. The van der Waals surface area contributed by atoms with Gasteiger partial charge in [-0.15, -0.1) is 11.3 Å². The van der Waals surface area contributed by atoms with Crippen molar-refractivity contribution in [3.63, 3.8) is 0 Å². The van der Waals surface area contributed by atoms with Crippen molar-refractivity contribution in [2.45, 2.75) is 19.8 Å². The molecular weight excluding hydrogens is 338 g/mol. The van der Waals surface area contributed by atoms with E-state index >= 15 is 0 Å². The van der Waals surface area contributed by atoms with Crippen LogP contribution in [0.15, 0.2) is 24.3 Å². The van der Waals surface area contributed by atoms with Crippen LogP contribution in [-0.4, -0.2) is 36.5 Å². The first-order chi connectivity index (χ1) is 12.1. The molecule has 0 N–H and O–H groups in total. The van der Waals surface area contributed by atoms with Gasteiger partial charge in [-0.25, -0.2) is 4.79 Å². The molecule has 1 aromatic carbocycles. The van der Waals surface area contributed by atoms with E-state index in [9.17, 15) is 9.59 Å². The molecule has 0 saturated carbocycles. The summed E-state index contributed by atoms with van der Waals surface area (Å²) >= 11 is 1.33. The van der Waals surface area contributed by atoms with Crippen molar-refractivity contribution in [2.24, 2.45) is 0 Å². The number of hydrogen-bond acceptors (Lipinski definition) is 6. The minimum absolute atomic E-state index is 0.167. The van der Waals surface area contributed by atoms with E-state index in [0.717, 1.165) is 15.6 Å². The van der Waals surface area contributed by atoms with Crippen LogP contribution in [0.1, 0.15) is 28.1 Å². The average molecular weight is 355 g/mol. The first-order valence-electron chi connectivity index (χ1n) is 7.75. The summed E-state index contributed by atoms with van der Waals surface area (Å²) in [5.74, 6) is -0.940. The van der Waals surface area contributed by atoms with E-state index < -0.39 is 18.5 Å². The maximum absolute atomic E-state index is 12.3. The molecule has 0 spiro atoms. The van der Waals surface area contributed by atoms with E-state index in [4.69, 9.17) is 15.3 Å². The fourth-order valence-corrected chi connectivity index (χ4v) is 3.49. The number of thiophene rings is 1. The van der Waals surface area contributed by atoms with Gasteiger partial charge in [-0.2, -0.15) is 10.5 Å². The number of rotatable bonds is 7. The average Bonchev–Trinajstić information content (AvgIpc) is 2.97. The SMILES string of the molecule is Cc1c(C(=O)OCC(=O)N(CCC#N)CCC#N)sc2ccccc12. The van der Waals surface area contributed by atoms with E-state index in [-0.39, 0.29) is 25.9 Å². The number of fused-ring (bicyclic) bond motifs is 1. The van der Waals surface area contributed by atoms with Gasteiger partial charge in [0.05, 0.1) is 25.0 Å². The maximum Gasteiger partial charge on any atom is 0.349 e. The van der Waals surface area contributed by atoms with Crippen LogP contribution in [0.3, 0.4) is 0 Å². The van der Waals surface area contributed by atoms with Crippen molar-refractivity contribution in [3.8, 4) is 12.1 Å². The second-order valence-electron chi connectivity index (χ2n) is 5.33. The first kappa shape index (κ1) is 18.4. The summed E-state index contributed by atoms with van der Waals surface area (Å²) in [6.07, 6.45) is 0.334. The fraction of sp³-hybridized carbons (Fsp3) is 0.333. The lowest BCUT2D eigenvalue weighted by Gasteiger charge is -2.20. The van der Waals surface area contributed by atoms with Crippen LogP contribution < -0.4 is 0 Å². The topological polar surface area (TPSA) is 94.2 Å². The van der Waals surface area contributed by atoms with Gasteiger partial charge >= 0.3 is 5.97 Å². The highest BCUT2D eigenvalue weighted by atomic mass is 32.1. The molecule has 1 amide bonds. The Labute approximate surface area is 149 Å². The Morgan fingerprint density at radius 1 is 1.16 bits per heavy atom. The number of amides is 1. The number of nitriles is 2. The molecule has 0 saturated heterocycles. The zero-order valence-electron chi connectivity index (χ0n) is 13.8. The van der Waals surface area contributed by atoms with E-state index in [1.165, 1.54) is 16.2 Å². The van der Waals surface area contributed by atoms with Crippen LogP contribution in [-0.2, 0) is 9.53 Å². The molecule has 0 atom stereocenters. The third-order valence-electron chi connectivity index (χ3n) is 3.70. The summed E-state index contributed by atoms with van der Waals surface area (Å²) in [6.45, 7) is 1.89. The zero-order valence-corrected chi connectivity index (χ0v) is 14.6. The molecule has 0 aliphatic heterocycles. The van der Waals surface area contributed by atoms with Crippen LogP contribution in [0, 0.1) is 29.6 Å². The van der Waals surface area contributed by atoms with Gasteiger partial charge in [-0.05, 0) is 23.9 Å². The Kier molecular flexibility index (Phi) is 6.50. The molecule has 128 valence electrons. The number of hydrogen-bond donors (Lipinski definition) is 0. The second-order valence-corrected chi connectivity index (χ2v) is 6.38. The van der Waals surface area contributed by atoms with Crippen molar-refractivity contribution < 1.29 is 14.3 Å². The van der Waals surface area contributed by atoms with E-state index in [1.807, 2.05) is 43.3 Å². The molecule has 1 heterocycles. The minimum Gasteiger partial charge on any atom is -0.451 e. The largest absolute Gasteiger partial charge is 0.451 e. The Morgan fingerprint density at radius 3 is 2.40 bits per heavy atom. The van der Waals surface area contributed by atoms with E-state index in [1.54, 1.807) is 0 Å². The van der Waals surface area contributed by atoms with Gasteiger partial charge in [-0.3, -0.25) is 4.79 Å². The Hall–Kier alpha value is -2.90. The van der Waals surface area contributed by atoms with Crippen LogP contribution in [0.5, 0.6) is 0 Å². The van der Waals surface area contributed by atoms with Crippen molar-refractivity contribution in [2.75, 3.05) is 19.7 Å². The standard InChI is InChI=1S/C18H17N3O3S/c1-13-14-6-2-3-7-15(14)25-17(13)18(23)24-12-16(22)21(10-4-8-19)11-5-9-20/h2-3,6-7H,4-5,10-12H2,1H3. The van der Waals surface area contributed by atoms with Crippen LogP contribution in [0.25, 0.3) is 10.1 Å². The number of benzene rings is 1. The summed E-state index contributed by atoms with van der Waals surface area (Å²) in [7, 11) is 0. The molecule has 0 aliphatic rings. The number of ether oxygens (including phenoxy) is 1. The smallest absolute Gasteiger partial charge is 0.349 e. The molecule has 0 unspecified atom stereocenters. The fourth-order valence-electron chi connectivity index (χ4n) is 2.38. The summed E-state index contributed by atoms with van der Waals surface area (Å²) in [5, 5.41) is 18.3. The number of aryl methyl sites for hydroxylation is 1. The van der Waals surface area contributed by atoms with Crippen molar-refractivity contribution >= 4 is 33.3 Å². The van der Waals surface area contributed by atoms with Gasteiger partial charge in [0, 0.05) is 17.8 Å². The Bertz CT molecular complexity index is 843. The van der Waals surface area contributed by atoms with Gasteiger partial charge in [-0.1, -0.05) is 18.2 Å².